The Bertz CT molecular complexity index is 1650. The number of carbonyl (C=O) groups is 1. The molecule has 11 heteroatoms. The van der Waals surface area contributed by atoms with E-state index in [1.54, 1.807) is 4.90 Å². The summed E-state index contributed by atoms with van der Waals surface area (Å²) < 4.78 is 6.36. The van der Waals surface area contributed by atoms with Crippen LogP contribution in [0.1, 0.15) is 54.5 Å². The normalized spacial score (nSPS) is 22.7. The number of nitriles is 1. The average molecular weight is 596 g/mol. The second kappa shape index (κ2) is 11.1. The summed E-state index contributed by atoms with van der Waals surface area (Å²) >= 11 is 0. The number of carbonyl (C=O) groups excluding carboxylic acids is 1. The number of ether oxygens (including phenoxy) is 1. The minimum absolute atomic E-state index is 0.00448. The van der Waals surface area contributed by atoms with Gasteiger partial charge >= 0.3 is 6.01 Å². The Kier molecular flexibility index (Phi) is 7.20. The van der Waals surface area contributed by atoms with Gasteiger partial charge in [-0.05, 0) is 76.4 Å². The molecule has 0 bridgehead atoms. The van der Waals surface area contributed by atoms with Gasteiger partial charge in [0.1, 0.15) is 12.4 Å². The number of rotatable bonds is 7. The molecular formula is C33H41N9O2. The monoisotopic (exact) mass is 595 g/mol. The summed E-state index contributed by atoms with van der Waals surface area (Å²) in [6.07, 6.45) is 8.86. The van der Waals surface area contributed by atoms with E-state index < -0.39 is 0 Å². The number of aryl methyl sites for hydroxylation is 1. The molecule has 1 N–H and O–H groups in total. The summed E-state index contributed by atoms with van der Waals surface area (Å²) in [7, 11) is 2.15. The van der Waals surface area contributed by atoms with Crippen molar-refractivity contribution in [3.63, 3.8) is 0 Å². The fraction of sp³-hybridized carbons (Fsp3) is 0.545. The van der Waals surface area contributed by atoms with Gasteiger partial charge in [0.25, 0.3) is 0 Å². The van der Waals surface area contributed by atoms with Crippen LogP contribution in [0.15, 0.2) is 24.9 Å². The van der Waals surface area contributed by atoms with Crippen LogP contribution >= 0.6 is 0 Å². The fourth-order valence-corrected chi connectivity index (χ4v) is 7.53. The molecule has 1 amide bonds. The number of anilines is 2. The van der Waals surface area contributed by atoms with Crippen molar-refractivity contribution in [2.75, 3.05) is 49.6 Å². The molecule has 0 radical (unpaired) electrons. The van der Waals surface area contributed by atoms with Gasteiger partial charge in [-0.3, -0.25) is 9.89 Å². The first-order valence-electron chi connectivity index (χ1n) is 15.8. The lowest BCUT2D eigenvalue weighted by Gasteiger charge is -2.44. The molecule has 4 aliphatic rings. The molecule has 3 aromatic rings. The Balaban J connectivity index is 1.28. The van der Waals surface area contributed by atoms with Gasteiger partial charge < -0.3 is 24.3 Å². The number of likely N-dealkylation sites (N-methyl/N-ethyl adjacent to an activating group) is 1. The first kappa shape index (κ1) is 28.6. The van der Waals surface area contributed by atoms with E-state index in [1.165, 1.54) is 29.3 Å². The molecule has 44 heavy (non-hydrogen) atoms. The number of H-pyrrole nitrogens is 1. The summed E-state index contributed by atoms with van der Waals surface area (Å²) in [4.78, 5) is 31.7. The highest BCUT2D eigenvalue weighted by Crippen LogP contribution is 2.53. The third-order valence-electron chi connectivity index (χ3n) is 10.4. The smallest absolute Gasteiger partial charge is 0.318 e. The molecule has 1 saturated carbocycles. The summed E-state index contributed by atoms with van der Waals surface area (Å²) in [6.45, 7) is 12.0. The molecule has 230 valence electrons. The van der Waals surface area contributed by atoms with Crippen molar-refractivity contribution in [2.45, 2.75) is 76.5 Å². The Hall–Kier alpha value is -4.17. The van der Waals surface area contributed by atoms with Crippen LogP contribution < -0.4 is 14.5 Å². The van der Waals surface area contributed by atoms with Crippen LogP contribution in [0, 0.1) is 25.2 Å². The molecule has 11 nitrogen and oxygen atoms in total. The maximum Gasteiger partial charge on any atom is 0.318 e. The molecule has 1 spiro atoms. The first-order valence-corrected chi connectivity index (χ1v) is 15.8. The molecule has 0 unspecified atom stereocenters. The van der Waals surface area contributed by atoms with Gasteiger partial charge in [0.2, 0.25) is 5.91 Å². The number of amides is 1. The Morgan fingerprint density at radius 3 is 2.82 bits per heavy atom. The van der Waals surface area contributed by atoms with E-state index in [9.17, 15) is 10.1 Å². The summed E-state index contributed by atoms with van der Waals surface area (Å²) in [6, 6.07) is 4.98. The quantitative estimate of drug-likeness (QED) is 0.409. The standard InChI is InChI=1S/C33H41N9O2/c1-5-29(43)41-14-13-40(18-23(41)8-11-34)31-25-16-33(9-10-33)42(30-22(3)21(2)15-27-26(30)17-35-38-27)19-28(25)36-32(37-31)44-20-24-7-6-12-39(24)4/h5,15,17,23-24H,1,6-10,12-14,16,18-20H2,2-4H3,(H,35,38)/t23-,24-/m0/s1. The number of aromatic amines is 1. The maximum atomic E-state index is 12.6. The van der Waals surface area contributed by atoms with Gasteiger partial charge in [-0.1, -0.05) is 6.58 Å². The number of piperazine rings is 1. The van der Waals surface area contributed by atoms with E-state index in [0.717, 1.165) is 60.2 Å². The molecule has 1 aliphatic carbocycles. The van der Waals surface area contributed by atoms with Gasteiger partial charge in [-0.25, -0.2) is 0 Å². The number of aromatic nitrogens is 4. The Morgan fingerprint density at radius 1 is 1.25 bits per heavy atom. The third kappa shape index (κ3) is 4.85. The lowest BCUT2D eigenvalue weighted by atomic mass is 9.92. The number of likely N-dealkylation sites (tertiary alicyclic amines) is 1. The highest BCUT2D eigenvalue weighted by Gasteiger charge is 2.53. The molecule has 3 aliphatic heterocycles. The number of nitrogens with zero attached hydrogens (tertiary/aromatic N) is 8. The van der Waals surface area contributed by atoms with Crippen LogP contribution in [0.3, 0.4) is 0 Å². The Labute approximate surface area is 258 Å². The number of hydrogen-bond donors (Lipinski definition) is 1. The number of fused-ring (bicyclic) bond motifs is 2. The summed E-state index contributed by atoms with van der Waals surface area (Å²) in [5.74, 6) is 0.754. The fourth-order valence-electron chi connectivity index (χ4n) is 7.53. The SMILES string of the molecule is C=CC(=O)N1CCN(c2nc(OC[C@@H]3CCCN3C)nc3c2CC2(CC2)N(c2c(C)c(C)cc4[nH]ncc24)C3)C[C@@H]1CC#N. The summed E-state index contributed by atoms with van der Waals surface area (Å²) in [5, 5.41) is 18.3. The van der Waals surface area contributed by atoms with Crippen LogP contribution in [0.5, 0.6) is 6.01 Å². The van der Waals surface area contributed by atoms with E-state index >= 15 is 0 Å². The van der Waals surface area contributed by atoms with Crippen molar-refractivity contribution in [3.05, 3.63) is 47.3 Å². The first-order chi connectivity index (χ1) is 21.3. The highest BCUT2D eigenvalue weighted by molar-refractivity contribution is 5.95. The third-order valence-corrected chi connectivity index (χ3v) is 10.4. The van der Waals surface area contributed by atoms with Crippen LogP contribution in [0.4, 0.5) is 11.5 Å². The molecule has 7 rings (SSSR count). The molecule has 2 saturated heterocycles. The van der Waals surface area contributed by atoms with E-state index in [2.05, 4.69) is 64.5 Å². The van der Waals surface area contributed by atoms with E-state index in [1.807, 2.05) is 6.20 Å². The van der Waals surface area contributed by atoms with Crippen LogP contribution in [-0.2, 0) is 17.8 Å². The van der Waals surface area contributed by atoms with Gasteiger partial charge in [0, 0.05) is 48.6 Å². The van der Waals surface area contributed by atoms with Gasteiger partial charge in [0.05, 0.1) is 48.2 Å². The summed E-state index contributed by atoms with van der Waals surface area (Å²) in [5.41, 5.74) is 6.94. The van der Waals surface area contributed by atoms with Gasteiger partial charge in [-0.15, -0.1) is 0 Å². The topological polar surface area (TPSA) is 118 Å². The van der Waals surface area contributed by atoms with Crippen molar-refractivity contribution < 1.29 is 9.53 Å². The van der Waals surface area contributed by atoms with Crippen LogP contribution in [0.2, 0.25) is 0 Å². The largest absolute Gasteiger partial charge is 0.462 e. The molecular weight excluding hydrogens is 554 g/mol. The van der Waals surface area contributed by atoms with Gasteiger partial charge in [0.15, 0.2) is 0 Å². The van der Waals surface area contributed by atoms with Crippen LogP contribution in [0.25, 0.3) is 10.9 Å². The number of hydrogen-bond acceptors (Lipinski definition) is 9. The van der Waals surface area contributed by atoms with E-state index in [-0.39, 0.29) is 23.9 Å². The zero-order valence-electron chi connectivity index (χ0n) is 26.0. The zero-order chi connectivity index (χ0) is 30.6. The maximum absolute atomic E-state index is 12.6. The molecule has 2 atom stereocenters. The molecule has 2 aromatic heterocycles. The minimum Gasteiger partial charge on any atom is -0.462 e. The van der Waals surface area contributed by atoms with E-state index in [0.29, 0.717) is 44.8 Å². The van der Waals surface area contributed by atoms with E-state index in [4.69, 9.17) is 14.7 Å². The van der Waals surface area contributed by atoms with Gasteiger partial charge in [-0.2, -0.15) is 20.3 Å². The van der Waals surface area contributed by atoms with Crippen molar-refractivity contribution in [3.8, 4) is 12.1 Å². The van der Waals surface area contributed by atoms with Crippen molar-refractivity contribution in [1.29, 1.82) is 5.26 Å². The average Bonchev–Trinajstić information content (AvgIpc) is 3.41. The van der Waals surface area contributed by atoms with Crippen LogP contribution in [-0.4, -0.2) is 93.3 Å². The predicted molar refractivity (Wildman–Crippen MR) is 169 cm³/mol. The lowest BCUT2D eigenvalue weighted by Crippen LogP contribution is -2.55. The lowest BCUT2D eigenvalue weighted by molar-refractivity contribution is -0.128. The number of benzene rings is 1. The Morgan fingerprint density at radius 2 is 2.09 bits per heavy atom. The molecule has 1 aromatic carbocycles. The predicted octanol–water partition coefficient (Wildman–Crippen LogP) is 3.65. The highest BCUT2D eigenvalue weighted by atomic mass is 16.5. The van der Waals surface area contributed by atoms with Crippen molar-refractivity contribution in [1.82, 2.24) is 30.0 Å². The second-order valence-corrected chi connectivity index (χ2v) is 13.0. The van der Waals surface area contributed by atoms with Crippen molar-refractivity contribution in [2.24, 2.45) is 0 Å². The van der Waals surface area contributed by atoms with Crippen molar-refractivity contribution >= 4 is 28.3 Å². The molecule has 5 heterocycles. The second-order valence-electron chi connectivity index (χ2n) is 13.0. The molecule has 3 fully saturated rings. The number of nitrogens with one attached hydrogen (secondary N) is 1. The minimum atomic E-state index is -0.235. The zero-order valence-corrected chi connectivity index (χ0v) is 26.0.